The molecule has 1 aliphatic carbocycles. The van der Waals surface area contributed by atoms with Gasteiger partial charge in [-0.05, 0) is 75.0 Å². The number of hydrogen-bond donors (Lipinski definition) is 1. The van der Waals surface area contributed by atoms with Gasteiger partial charge in [-0.2, -0.15) is 10.4 Å². The van der Waals surface area contributed by atoms with Crippen LogP contribution in [0.15, 0.2) is 30.5 Å². The van der Waals surface area contributed by atoms with Crippen molar-refractivity contribution in [3.63, 3.8) is 0 Å². The lowest BCUT2D eigenvalue weighted by atomic mass is 9.83. The van der Waals surface area contributed by atoms with Gasteiger partial charge in [0.2, 0.25) is 5.95 Å². The molecule has 2 aromatic heterocycles. The second-order valence-electron chi connectivity index (χ2n) is 15.4. The van der Waals surface area contributed by atoms with E-state index in [0.717, 1.165) is 35.8 Å². The number of benzene rings is 1. The van der Waals surface area contributed by atoms with Crippen molar-refractivity contribution < 1.29 is 14.0 Å². The van der Waals surface area contributed by atoms with Gasteiger partial charge in [-0.1, -0.05) is 52.1 Å². The molecular formula is C34H46ClN7O3Si. The summed E-state index contributed by atoms with van der Waals surface area (Å²) in [6.07, 6.45) is 4.79. The summed E-state index contributed by atoms with van der Waals surface area (Å²) in [5, 5.41) is 18.5. The van der Waals surface area contributed by atoms with Crippen LogP contribution in [0.2, 0.25) is 23.3 Å². The average molecular weight is 664 g/mol. The van der Waals surface area contributed by atoms with Crippen molar-refractivity contribution in [1.82, 2.24) is 19.7 Å². The molecule has 0 spiro atoms. The van der Waals surface area contributed by atoms with E-state index in [9.17, 15) is 10.1 Å². The highest BCUT2D eigenvalue weighted by Crippen LogP contribution is 2.47. The Kier molecular flexibility index (Phi) is 9.05. The van der Waals surface area contributed by atoms with Crippen molar-refractivity contribution in [2.45, 2.75) is 103 Å². The van der Waals surface area contributed by atoms with E-state index in [-0.39, 0.29) is 5.04 Å². The maximum Gasteiger partial charge on any atom is 0.414 e. The molecule has 46 heavy (non-hydrogen) atoms. The van der Waals surface area contributed by atoms with Gasteiger partial charge in [0.1, 0.15) is 17.5 Å². The topological polar surface area (TPSA) is 118 Å². The minimum absolute atomic E-state index is 0.0111. The Morgan fingerprint density at radius 1 is 1.20 bits per heavy atom. The number of hydrogen-bond acceptors (Lipinski definition) is 8. The van der Waals surface area contributed by atoms with Gasteiger partial charge in [-0.25, -0.2) is 19.4 Å². The third-order valence-corrected chi connectivity index (χ3v) is 13.9. The quantitative estimate of drug-likeness (QED) is 0.227. The molecule has 0 unspecified atom stereocenters. The molecule has 1 aliphatic heterocycles. The van der Waals surface area contributed by atoms with Crippen molar-refractivity contribution >= 4 is 43.5 Å². The van der Waals surface area contributed by atoms with Crippen LogP contribution in [-0.4, -0.2) is 52.9 Å². The van der Waals surface area contributed by atoms with Crippen LogP contribution in [0, 0.1) is 17.2 Å². The van der Waals surface area contributed by atoms with E-state index in [1.54, 1.807) is 23.2 Å². The molecule has 10 nitrogen and oxygen atoms in total. The molecule has 12 heteroatoms. The van der Waals surface area contributed by atoms with Gasteiger partial charge in [-0.3, -0.25) is 4.90 Å². The fourth-order valence-electron chi connectivity index (χ4n) is 5.35. The van der Waals surface area contributed by atoms with Crippen LogP contribution in [0.25, 0.3) is 11.3 Å². The maximum absolute atomic E-state index is 13.5. The van der Waals surface area contributed by atoms with Crippen LogP contribution in [0.3, 0.4) is 0 Å². The average Bonchev–Trinajstić information content (AvgIpc) is 3.66. The summed E-state index contributed by atoms with van der Waals surface area (Å²) in [5.41, 5.74) is 1.87. The SMILES string of the molecule is CC(C)(C)OC(=O)N1C[C@](C)(CO[Si](C)(C)C(C)(C)C)c2cc(-c3ccnc(Nc4cc(Cl)nn4CCC4CC4)n3)cc(C#N)c21. The Morgan fingerprint density at radius 3 is 2.54 bits per heavy atom. The Labute approximate surface area is 278 Å². The third kappa shape index (κ3) is 7.40. The molecule has 1 saturated carbocycles. The summed E-state index contributed by atoms with van der Waals surface area (Å²) in [6.45, 7) is 20.1. The summed E-state index contributed by atoms with van der Waals surface area (Å²) in [7, 11) is -2.13. The molecule has 3 heterocycles. The molecule has 0 bridgehead atoms. The second kappa shape index (κ2) is 12.3. The van der Waals surface area contributed by atoms with Crippen LogP contribution in [-0.2, 0) is 21.1 Å². The molecule has 2 aliphatic rings. The number of carbonyl (C=O) groups excluding carboxylic acids is 1. The van der Waals surface area contributed by atoms with E-state index < -0.39 is 25.4 Å². The van der Waals surface area contributed by atoms with E-state index in [1.807, 2.05) is 37.6 Å². The zero-order valence-electron chi connectivity index (χ0n) is 28.5. The first-order valence-corrected chi connectivity index (χ1v) is 19.2. The predicted molar refractivity (Wildman–Crippen MR) is 184 cm³/mol. The molecule has 0 radical (unpaired) electrons. The summed E-state index contributed by atoms with van der Waals surface area (Å²) >= 11 is 6.26. The van der Waals surface area contributed by atoms with E-state index in [2.05, 4.69) is 62.3 Å². The molecule has 0 saturated heterocycles. The fraction of sp³-hybridized carbons (Fsp3) is 0.559. The van der Waals surface area contributed by atoms with Gasteiger partial charge in [0, 0.05) is 42.9 Å². The number of nitrogens with zero attached hydrogens (tertiary/aromatic N) is 6. The standard InChI is InChI=1S/C34H46ClN7O3Si/c1-32(2,3)45-31(43)41-20-34(7,21-44-46(8,9)33(4,5)6)25-17-23(16-24(19-36)29(25)41)26-12-14-37-30(38-26)39-28-18-27(35)40-42(28)15-13-22-10-11-22/h12,14,16-18,22H,10-11,13,15,20-21H2,1-9H3,(H,37,38,39)/t34-/m1/s1. The lowest BCUT2D eigenvalue weighted by molar-refractivity contribution is 0.0575. The predicted octanol–water partition coefficient (Wildman–Crippen LogP) is 8.44. The summed E-state index contributed by atoms with van der Waals surface area (Å²) in [6, 6.07) is 9.73. The Bertz CT molecular complexity index is 1670. The monoisotopic (exact) mass is 663 g/mol. The van der Waals surface area contributed by atoms with E-state index in [1.165, 1.54) is 12.8 Å². The first-order valence-electron chi connectivity index (χ1n) is 16.0. The largest absolute Gasteiger partial charge is 0.443 e. The Balaban J connectivity index is 1.52. The number of rotatable bonds is 9. The molecule has 1 amide bonds. The molecule has 3 aromatic rings. The number of carbonyl (C=O) groups is 1. The zero-order chi connectivity index (χ0) is 33.7. The third-order valence-electron chi connectivity index (χ3n) is 9.22. The molecule has 1 fully saturated rings. The van der Waals surface area contributed by atoms with Crippen molar-refractivity contribution in [3.8, 4) is 17.3 Å². The molecular weight excluding hydrogens is 618 g/mol. The van der Waals surface area contributed by atoms with E-state index >= 15 is 0 Å². The zero-order valence-corrected chi connectivity index (χ0v) is 30.2. The van der Waals surface area contributed by atoms with Gasteiger partial charge < -0.3 is 14.5 Å². The number of amides is 1. The lowest BCUT2D eigenvalue weighted by Gasteiger charge is -2.39. The number of halogens is 1. The van der Waals surface area contributed by atoms with Crippen molar-refractivity contribution in [3.05, 3.63) is 46.7 Å². The van der Waals surface area contributed by atoms with Crippen LogP contribution in [0.5, 0.6) is 0 Å². The first kappa shape index (κ1) is 33.9. The summed E-state index contributed by atoms with van der Waals surface area (Å²) < 4.78 is 14.4. The highest BCUT2D eigenvalue weighted by molar-refractivity contribution is 6.74. The minimum Gasteiger partial charge on any atom is -0.443 e. The number of ether oxygens (including phenoxy) is 1. The van der Waals surface area contributed by atoms with E-state index in [0.29, 0.717) is 41.2 Å². The summed E-state index contributed by atoms with van der Waals surface area (Å²) in [5.74, 6) is 1.87. The highest BCUT2D eigenvalue weighted by atomic mass is 35.5. The van der Waals surface area contributed by atoms with E-state index in [4.69, 9.17) is 25.7 Å². The number of anilines is 3. The van der Waals surface area contributed by atoms with Gasteiger partial charge in [0.05, 0.1) is 16.9 Å². The highest BCUT2D eigenvalue weighted by Gasteiger charge is 2.47. The number of fused-ring (bicyclic) bond motifs is 1. The fourth-order valence-corrected chi connectivity index (χ4v) is 6.65. The van der Waals surface area contributed by atoms with Crippen molar-refractivity contribution in [2.24, 2.45) is 5.92 Å². The molecule has 246 valence electrons. The van der Waals surface area contributed by atoms with Gasteiger partial charge in [0.15, 0.2) is 13.5 Å². The van der Waals surface area contributed by atoms with Gasteiger partial charge in [-0.15, -0.1) is 0 Å². The van der Waals surface area contributed by atoms with Crippen LogP contribution >= 0.6 is 11.6 Å². The van der Waals surface area contributed by atoms with Crippen LogP contribution < -0.4 is 10.2 Å². The van der Waals surface area contributed by atoms with Gasteiger partial charge in [0.25, 0.3) is 0 Å². The van der Waals surface area contributed by atoms with Crippen LogP contribution in [0.1, 0.15) is 78.9 Å². The lowest BCUT2D eigenvalue weighted by Crippen LogP contribution is -2.46. The van der Waals surface area contributed by atoms with Crippen molar-refractivity contribution in [1.29, 1.82) is 5.26 Å². The molecule has 5 rings (SSSR count). The maximum atomic E-state index is 13.5. The second-order valence-corrected chi connectivity index (χ2v) is 20.6. The Hall–Kier alpha value is -3.46. The number of nitriles is 1. The van der Waals surface area contributed by atoms with Crippen LogP contribution in [0.4, 0.5) is 22.2 Å². The molecule has 1 atom stereocenters. The molecule has 1 aromatic carbocycles. The number of nitrogens with one attached hydrogen (secondary N) is 1. The first-order chi connectivity index (χ1) is 21.4. The molecule has 1 N–H and O–H groups in total. The smallest absolute Gasteiger partial charge is 0.414 e. The normalized spacial score (nSPS) is 18.3. The number of aromatic nitrogens is 4. The van der Waals surface area contributed by atoms with Crippen molar-refractivity contribution in [2.75, 3.05) is 23.4 Å². The minimum atomic E-state index is -2.13. The summed E-state index contributed by atoms with van der Waals surface area (Å²) in [4.78, 5) is 24.4. The van der Waals surface area contributed by atoms with Gasteiger partial charge >= 0.3 is 6.09 Å². The Morgan fingerprint density at radius 2 is 1.91 bits per heavy atom. The number of aryl methyl sites for hydroxylation is 1.